The van der Waals surface area contributed by atoms with Gasteiger partial charge in [-0.15, -0.1) is 0 Å². The Hall–Kier alpha value is -3.32. The van der Waals surface area contributed by atoms with Crippen LogP contribution in [-0.2, 0) is 0 Å². The number of ketones is 1. The van der Waals surface area contributed by atoms with Crippen molar-refractivity contribution in [1.82, 2.24) is 9.97 Å². The molecule has 0 aliphatic carbocycles. The molecule has 4 nitrogen and oxygen atoms in total. The minimum Gasteiger partial charge on any atom is -0.353 e. The first kappa shape index (κ1) is 13.4. The van der Waals surface area contributed by atoms with E-state index in [1.807, 2.05) is 60.7 Å². The summed E-state index contributed by atoms with van der Waals surface area (Å²) in [6.45, 7) is 0. The number of fused-ring (bicyclic) bond motifs is 2. The lowest BCUT2D eigenvalue weighted by molar-refractivity contribution is 0.1000. The molecule has 23 heavy (non-hydrogen) atoms. The third-order valence-corrected chi connectivity index (χ3v) is 4.02. The number of hydrogen-bond donors (Lipinski definition) is 2. The number of benzene rings is 2. The van der Waals surface area contributed by atoms with E-state index in [4.69, 9.17) is 5.26 Å². The Morgan fingerprint density at radius 2 is 1.74 bits per heavy atom. The smallest absolute Gasteiger partial charge is 0.179 e. The molecule has 0 saturated carbocycles. The SMILES string of the molecule is N#CCC(=O)c1c(-c2cc3ccccc3[nH]2)[nH]c2ccccc12. The van der Waals surface area contributed by atoms with Crippen molar-refractivity contribution < 1.29 is 4.79 Å². The lowest BCUT2D eigenvalue weighted by atomic mass is 10.0. The predicted molar refractivity (Wildman–Crippen MR) is 90.2 cm³/mol. The van der Waals surface area contributed by atoms with Gasteiger partial charge in [0.15, 0.2) is 5.78 Å². The van der Waals surface area contributed by atoms with Gasteiger partial charge in [0.05, 0.1) is 29.4 Å². The Morgan fingerprint density at radius 3 is 2.52 bits per heavy atom. The van der Waals surface area contributed by atoms with Crippen molar-refractivity contribution in [3.63, 3.8) is 0 Å². The minimum atomic E-state index is -0.168. The van der Waals surface area contributed by atoms with Crippen molar-refractivity contribution >= 4 is 27.6 Å². The van der Waals surface area contributed by atoms with Crippen molar-refractivity contribution in [2.45, 2.75) is 6.42 Å². The number of aromatic nitrogens is 2. The Labute approximate surface area is 132 Å². The lowest BCUT2D eigenvalue weighted by Gasteiger charge is -2.00. The van der Waals surface area contributed by atoms with E-state index in [0.717, 1.165) is 33.2 Å². The van der Waals surface area contributed by atoms with Crippen LogP contribution in [0.1, 0.15) is 16.8 Å². The number of carbonyl (C=O) groups is 1. The molecule has 2 aromatic heterocycles. The molecule has 0 atom stereocenters. The number of nitriles is 1. The van der Waals surface area contributed by atoms with Gasteiger partial charge in [-0.05, 0) is 18.2 Å². The van der Waals surface area contributed by atoms with E-state index in [2.05, 4.69) is 9.97 Å². The summed E-state index contributed by atoms with van der Waals surface area (Å²) in [4.78, 5) is 19.1. The molecule has 2 aromatic carbocycles. The molecule has 0 aliphatic rings. The van der Waals surface area contributed by atoms with Crippen LogP contribution >= 0.6 is 0 Å². The number of aromatic amines is 2. The number of hydrogen-bond acceptors (Lipinski definition) is 2. The zero-order valence-corrected chi connectivity index (χ0v) is 12.3. The number of para-hydroxylation sites is 2. The maximum atomic E-state index is 12.5. The highest BCUT2D eigenvalue weighted by Gasteiger charge is 2.20. The number of Topliss-reactive ketones (excluding diaryl/α,β-unsaturated/α-hetero) is 1. The fourth-order valence-electron chi connectivity index (χ4n) is 3.00. The molecule has 4 aromatic rings. The minimum absolute atomic E-state index is 0.130. The Morgan fingerprint density at radius 1 is 1.00 bits per heavy atom. The summed E-state index contributed by atoms with van der Waals surface area (Å²) in [5.74, 6) is -0.168. The molecule has 2 heterocycles. The van der Waals surface area contributed by atoms with Gasteiger partial charge in [0.25, 0.3) is 0 Å². The largest absolute Gasteiger partial charge is 0.353 e. The van der Waals surface area contributed by atoms with Gasteiger partial charge in [-0.1, -0.05) is 36.4 Å². The van der Waals surface area contributed by atoms with E-state index in [1.54, 1.807) is 0 Å². The van der Waals surface area contributed by atoms with Gasteiger partial charge in [0.1, 0.15) is 0 Å². The van der Waals surface area contributed by atoms with Crippen molar-refractivity contribution in [2.75, 3.05) is 0 Å². The van der Waals surface area contributed by atoms with Crippen LogP contribution in [0.25, 0.3) is 33.2 Å². The van der Waals surface area contributed by atoms with Crippen molar-refractivity contribution in [3.05, 3.63) is 60.2 Å². The first-order valence-electron chi connectivity index (χ1n) is 7.37. The fourth-order valence-corrected chi connectivity index (χ4v) is 3.00. The molecule has 0 fully saturated rings. The van der Waals surface area contributed by atoms with Crippen LogP contribution in [0.4, 0.5) is 0 Å². The number of nitrogens with one attached hydrogen (secondary N) is 2. The monoisotopic (exact) mass is 299 g/mol. The number of nitrogens with zero attached hydrogens (tertiary/aromatic N) is 1. The summed E-state index contributed by atoms with van der Waals surface area (Å²) in [5, 5.41) is 10.8. The van der Waals surface area contributed by atoms with Crippen LogP contribution in [-0.4, -0.2) is 15.8 Å². The topological polar surface area (TPSA) is 72.4 Å². The highest BCUT2D eigenvalue weighted by atomic mass is 16.1. The van der Waals surface area contributed by atoms with E-state index in [0.29, 0.717) is 5.56 Å². The van der Waals surface area contributed by atoms with E-state index in [1.165, 1.54) is 0 Å². The average Bonchev–Trinajstić information content (AvgIpc) is 3.16. The summed E-state index contributed by atoms with van der Waals surface area (Å²) in [6.07, 6.45) is -0.130. The summed E-state index contributed by atoms with van der Waals surface area (Å²) in [7, 11) is 0. The quantitative estimate of drug-likeness (QED) is 0.550. The van der Waals surface area contributed by atoms with Gasteiger partial charge in [-0.3, -0.25) is 4.79 Å². The van der Waals surface area contributed by atoms with E-state index in [9.17, 15) is 4.79 Å². The van der Waals surface area contributed by atoms with Crippen molar-refractivity contribution in [3.8, 4) is 17.5 Å². The summed E-state index contributed by atoms with van der Waals surface area (Å²) >= 11 is 0. The highest BCUT2D eigenvalue weighted by molar-refractivity contribution is 6.14. The molecule has 110 valence electrons. The first-order chi connectivity index (χ1) is 11.3. The highest BCUT2D eigenvalue weighted by Crippen LogP contribution is 2.32. The summed E-state index contributed by atoms with van der Waals surface area (Å²) in [6, 6.07) is 19.6. The fraction of sp³-hybridized carbons (Fsp3) is 0.0526. The number of rotatable bonds is 3. The van der Waals surface area contributed by atoms with Crippen LogP contribution in [0.2, 0.25) is 0 Å². The van der Waals surface area contributed by atoms with Crippen LogP contribution in [0.3, 0.4) is 0 Å². The Balaban J connectivity index is 2.00. The second-order valence-electron chi connectivity index (χ2n) is 5.45. The molecule has 0 unspecified atom stereocenters. The van der Waals surface area contributed by atoms with Gasteiger partial charge < -0.3 is 9.97 Å². The van der Waals surface area contributed by atoms with E-state index < -0.39 is 0 Å². The Bertz CT molecular complexity index is 1050. The second kappa shape index (κ2) is 5.15. The van der Waals surface area contributed by atoms with Crippen LogP contribution < -0.4 is 0 Å². The molecule has 0 spiro atoms. The first-order valence-corrected chi connectivity index (χ1v) is 7.37. The van der Waals surface area contributed by atoms with Crippen molar-refractivity contribution in [2.24, 2.45) is 0 Å². The maximum Gasteiger partial charge on any atom is 0.179 e. The van der Waals surface area contributed by atoms with Crippen molar-refractivity contribution in [1.29, 1.82) is 5.26 Å². The molecule has 2 N–H and O–H groups in total. The molecule has 4 heteroatoms. The van der Waals surface area contributed by atoms with Gasteiger partial charge in [0.2, 0.25) is 0 Å². The third-order valence-electron chi connectivity index (χ3n) is 4.02. The average molecular weight is 299 g/mol. The van der Waals surface area contributed by atoms with Crippen LogP contribution in [0.5, 0.6) is 0 Å². The van der Waals surface area contributed by atoms with Crippen LogP contribution in [0, 0.1) is 11.3 Å². The lowest BCUT2D eigenvalue weighted by Crippen LogP contribution is -1.99. The number of H-pyrrole nitrogens is 2. The molecule has 0 saturated heterocycles. The van der Waals surface area contributed by atoms with Gasteiger partial charge in [-0.25, -0.2) is 0 Å². The second-order valence-corrected chi connectivity index (χ2v) is 5.45. The van der Waals surface area contributed by atoms with Crippen LogP contribution in [0.15, 0.2) is 54.6 Å². The van der Waals surface area contributed by atoms with Gasteiger partial charge in [-0.2, -0.15) is 5.26 Å². The molecule has 0 radical (unpaired) electrons. The third kappa shape index (κ3) is 2.11. The standard InChI is InChI=1S/C19H13N3O/c20-10-9-17(23)18-13-6-2-4-8-15(13)22-19(18)16-11-12-5-1-3-7-14(12)21-16/h1-8,11,21-22H,9H2. The van der Waals surface area contributed by atoms with E-state index in [-0.39, 0.29) is 12.2 Å². The Kier molecular flexibility index (Phi) is 2.99. The summed E-state index contributed by atoms with van der Waals surface area (Å²) in [5.41, 5.74) is 4.07. The molecular weight excluding hydrogens is 286 g/mol. The zero-order chi connectivity index (χ0) is 15.8. The molecule has 0 amide bonds. The molecule has 0 bridgehead atoms. The van der Waals surface area contributed by atoms with Gasteiger partial charge in [0, 0.05) is 21.8 Å². The zero-order valence-electron chi connectivity index (χ0n) is 12.3. The molecule has 0 aliphatic heterocycles. The van der Waals surface area contributed by atoms with E-state index >= 15 is 0 Å². The molecule has 4 rings (SSSR count). The normalized spacial score (nSPS) is 10.9. The predicted octanol–water partition coefficient (Wildman–Crippen LogP) is 4.41. The molecular formula is C19H13N3O. The number of carbonyl (C=O) groups excluding carboxylic acids is 1. The summed E-state index contributed by atoms with van der Waals surface area (Å²) < 4.78 is 0. The van der Waals surface area contributed by atoms with Gasteiger partial charge >= 0.3 is 0 Å². The maximum absolute atomic E-state index is 12.5.